The zero-order chi connectivity index (χ0) is 26.6. The summed E-state index contributed by atoms with van der Waals surface area (Å²) >= 11 is 1.14. The Bertz CT molecular complexity index is 1400. The second kappa shape index (κ2) is 11.0. The van der Waals surface area contributed by atoms with Gasteiger partial charge in [-0.25, -0.2) is 0 Å². The largest absolute Gasteiger partial charge is 0.489 e. The average molecular weight is 533 g/mol. The lowest BCUT2D eigenvalue weighted by molar-refractivity contribution is -0.385. The monoisotopic (exact) mass is 532 g/mol. The number of hydrogen-bond donors (Lipinski definition) is 1. The summed E-state index contributed by atoms with van der Waals surface area (Å²) in [5, 5.41) is 26.2. The lowest BCUT2D eigenvalue weighted by atomic mass is 10.1. The maximum absolute atomic E-state index is 12.7. The molecule has 38 heavy (non-hydrogen) atoms. The number of carbonyl (C=O) groups excluding carboxylic acids is 2. The number of fused-ring (bicyclic) bond motifs is 1. The Morgan fingerprint density at radius 1 is 1.13 bits per heavy atom. The van der Waals surface area contributed by atoms with E-state index in [4.69, 9.17) is 10.1 Å². The van der Waals surface area contributed by atoms with Gasteiger partial charge < -0.3 is 9.64 Å². The number of nitrogens with zero attached hydrogens (tertiary/aromatic N) is 5. The van der Waals surface area contributed by atoms with E-state index in [-0.39, 0.29) is 41.2 Å². The Morgan fingerprint density at radius 3 is 2.61 bits per heavy atom. The van der Waals surface area contributed by atoms with Crippen molar-refractivity contribution in [3.63, 3.8) is 0 Å². The molecule has 1 fully saturated rings. The number of piperidine rings is 1. The van der Waals surface area contributed by atoms with Crippen LogP contribution in [0.4, 0.5) is 5.69 Å². The van der Waals surface area contributed by atoms with Crippen LogP contribution in [-0.2, 0) is 16.2 Å². The van der Waals surface area contributed by atoms with Gasteiger partial charge in [-0.05, 0) is 60.9 Å². The third-order valence-electron chi connectivity index (χ3n) is 6.28. The van der Waals surface area contributed by atoms with Crippen molar-refractivity contribution in [3.8, 4) is 5.75 Å². The van der Waals surface area contributed by atoms with E-state index in [9.17, 15) is 19.7 Å². The molecular formula is C26H24N6O5S. The van der Waals surface area contributed by atoms with Gasteiger partial charge in [0.15, 0.2) is 5.84 Å². The number of hydrogen-bond acceptors (Lipinski definition) is 8. The van der Waals surface area contributed by atoms with Gasteiger partial charge in [-0.3, -0.25) is 25.1 Å². The standard InChI is InChI=1S/C26H24N6O5S/c27-24-20(14-17-8-10-19(11-9-17)37-16-18-6-2-3-7-21(18)32(35)36)25(34)28-26-31(24)29-22(38-26)15-23(33)30-12-4-1-5-13-30/h2-3,6-11,14,27H,1,4-5,12-13,15-16H2/b20-14-,27-24?. The first-order valence-corrected chi connectivity index (χ1v) is 12.9. The quantitative estimate of drug-likeness (QED) is 0.320. The number of nitrogens with one attached hydrogen (secondary N) is 1. The molecule has 3 aliphatic heterocycles. The molecule has 0 bridgehead atoms. The maximum Gasteiger partial charge on any atom is 0.283 e. The van der Waals surface area contributed by atoms with Gasteiger partial charge in [0, 0.05) is 19.2 Å². The summed E-state index contributed by atoms with van der Waals surface area (Å²) in [6.45, 7) is 1.53. The van der Waals surface area contributed by atoms with Gasteiger partial charge in [-0.2, -0.15) is 15.1 Å². The zero-order valence-corrected chi connectivity index (χ0v) is 21.1. The molecule has 11 nitrogen and oxygen atoms in total. The highest BCUT2D eigenvalue weighted by molar-refractivity contribution is 8.27. The van der Waals surface area contributed by atoms with Crippen LogP contribution in [0.25, 0.3) is 6.08 Å². The Balaban J connectivity index is 1.25. The molecule has 0 spiro atoms. The van der Waals surface area contributed by atoms with Crippen molar-refractivity contribution < 1.29 is 19.2 Å². The van der Waals surface area contributed by atoms with E-state index in [2.05, 4.69) is 10.1 Å². The van der Waals surface area contributed by atoms with Gasteiger partial charge in [0.1, 0.15) is 17.4 Å². The van der Waals surface area contributed by atoms with Crippen LogP contribution in [-0.4, -0.2) is 55.8 Å². The molecule has 0 aliphatic carbocycles. The highest BCUT2D eigenvalue weighted by atomic mass is 32.2. The molecule has 0 atom stereocenters. The summed E-state index contributed by atoms with van der Waals surface area (Å²) in [4.78, 5) is 42.0. The summed E-state index contributed by atoms with van der Waals surface area (Å²) in [5.74, 6) is -0.165. The fourth-order valence-electron chi connectivity index (χ4n) is 4.29. The number of nitro groups is 1. The number of carbonyl (C=O) groups is 2. The minimum Gasteiger partial charge on any atom is -0.489 e. The summed E-state index contributed by atoms with van der Waals surface area (Å²) < 4.78 is 5.70. The number of aliphatic imine (C=N–C) groups is 1. The van der Waals surface area contributed by atoms with Crippen molar-refractivity contribution in [3.05, 3.63) is 75.3 Å². The molecule has 3 heterocycles. The zero-order valence-electron chi connectivity index (χ0n) is 20.3. The highest BCUT2D eigenvalue weighted by Gasteiger charge is 2.36. The number of likely N-dealkylation sites (tertiary alicyclic amines) is 1. The molecule has 12 heteroatoms. The third-order valence-corrected chi connectivity index (χ3v) is 7.19. The number of amidine groups is 2. The van der Waals surface area contributed by atoms with Crippen molar-refractivity contribution in [2.24, 2.45) is 10.1 Å². The molecule has 1 N–H and O–H groups in total. The normalized spacial score (nSPS) is 18.3. The van der Waals surface area contributed by atoms with Crippen LogP contribution in [0.2, 0.25) is 0 Å². The summed E-state index contributed by atoms with van der Waals surface area (Å²) in [5.41, 5.74) is 1.17. The molecule has 194 valence electrons. The molecule has 0 unspecified atom stereocenters. The van der Waals surface area contributed by atoms with E-state index >= 15 is 0 Å². The van der Waals surface area contributed by atoms with E-state index in [1.807, 2.05) is 4.90 Å². The van der Waals surface area contributed by atoms with Gasteiger partial charge in [0.2, 0.25) is 11.1 Å². The molecule has 1 saturated heterocycles. The third kappa shape index (κ3) is 5.49. The lowest BCUT2D eigenvalue weighted by Crippen LogP contribution is -2.36. The van der Waals surface area contributed by atoms with Crippen LogP contribution >= 0.6 is 11.8 Å². The van der Waals surface area contributed by atoms with E-state index in [1.165, 1.54) is 11.1 Å². The van der Waals surface area contributed by atoms with Crippen LogP contribution in [0.5, 0.6) is 5.75 Å². The van der Waals surface area contributed by atoms with E-state index in [0.717, 1.165) is 44.1 Å². The predicted octanol–water partition coefficient (Wildman–Crippen LogP) is 4.20. The van der Waals surface area contributed by atoms with Crippen molar-refractivity contribution in [1.29, 1.82) is 5.41 Å². The molecule has 2 aromatic carbocycles. The highest BCUT2D eigenvalue weighted by Crippen LogP contribution is 2.30. The topological polar surface area (TPSA) is 142 Å². The first kappa shape index (κ1) is 25.3. The number of rotatable bonds is 7. The van der Waals surface area contributed by atoms with Crippen molar-refractivity contribution in [1.82, 2.24) is 9.91 Å². The van der Waals surface area contributed by atoms with Gasteiger partial charge >= 0.3 is 0 Å². The van der Waals surface area contributed by atoms with Crippen molar-refractivity contribution >= 4 is 51.4 Å². The SMILES string of the molecule is N=C1/C(=C/c2ccc(OCc3ccccc3[N+](=O)[O-])cc2)C(=O)N=C2SC(CC(=O)N3CCCCC3)=NN12. The van der Waals surface area contributed by atoms with Crippen LogP contribution in [0, 0.1) is 15.5 Å². The Kier molecular flexibility index (Phi) is 7.31. The number of nitro benzene ring substituents is 1. The van der Waals surface area contributed by atoms with Crippen LogP contribution in [0.15, 0.2) is 64.2 Å². The fraction of sp³-hybridized carbons (Fsp3) is 0.269. The lowest BCUT2D eigenvalue weighted by Gasteiger charge is -2.26. The average Bonchev–Trinajstić information content (AvgIpc) is 3.33. The van der Waals surface area contributed by atoms with E-state index in [0.29, 0.717) is 21.9 Å². The van der Waals surface area contributed by atoms with Gasteiger partial charge in [-0.15, -0.1) is 0 Å². The van der Waals surface area contributed by atoms with E-state index in [1.54, 1.807) is 48.5 Å². The van der Waals surface area contributed by atoms with Gasteiger partial charge in [-0.1, -0.05) is 24.3 Å². The molecule has 0 aromatic heterocycles. The Labute approximate surface area is 222 Å². The van der Waals surface area contributed by atoms with Gasteiger partial charge in [0.25, 0.3) is 11.6 Å². The minimum atomic E-state index is -0.552. The maximum atomic E-state index is 12.7. The number of benzene rings is 2. The van der Waals surface area contributed by atoms with Crippen LogP contribution in [0.3, 0.4) is 0 Å². The summed E-state index contributed by atoms with van der Waals surface area (Å²) in [7, 11) is 0. The second-order valence-electron chi connectivity index (χ2n) is 8.88. The molecular weight excluding hydrogens is 508 g/mol. The summed E-state index contributed by atoms with van der Waals surface area (Å²) in [6, 6.07) is 13.2. The van der Waals surface area contributed by atoms with Crippen LogP contribution in [0.1, 0.15) is 36.8 Å². The molecule has 2 aromatic rings. The number of hydrazone groups is 1. The molecule has 0 saturated carbocycles. The second-order valence-corrected chi connectivity index (χ2v) is 9.92. The van der Waals surface area contributed by atoms with E-state index < -0.39 is 10.8 Å². The molecule has 5 rings (SSSR count). The number of ether oxygens (including phenoxy) is 1. The first-order valence-electron chi connectivity index (χ1n) is 12.1. The van der Waals surface area contributed by atoms with Crippen molar-refractivity contribution in [2.75, 3.05) is 13.1 Å². The number of thioether (sulfide) groups is 1. The fourth-order valence-corrected chi connectivity index (χ4v) is 5.16. The molecule has 0 radical (unpaired) electrons. The smallest absolute Gasteiger partial charge is 0.283 e. The number of para-hydroxylation sites is 1. The molecule has 3 aliphatic rings. The Hall–Kier alpha value is -4.32. The van der Waals surface area contributed by atoms with Crippen molar-refractivity contribution in [2.45, 2.75) is 32.3 Å². The minimum absolute atomic E-state index is 0.00537. The summed E-state index contributed by atoms with van der Waals surface area (Å²) in [6.07, 6.45) is 4.80. The predicted molar refractivity (Wildman–Crippen MR) is 144 cm³/mol. The van der Waals surface area contributed by atoms with Gasteiger partial charge in [0.05, 0.1) is 22.5 Å². The Morgan fingerprint density at radius 2 is 1.87 bits per heavy atom. The number of amides is 2. The molecule has 2 amide bonds. The van der Waals surface area contributed by atoms with Crippen LogP contribution < -0.4 is 4.74 Å². The first-order chi connectivity index (χ1) is 18.4.